The van der Waals surface area contributed by atoms with Crippen molar-refractivity contribution in [1.82, 2.24) is 5.32 Å². The molecular weight excluding hydrogens is 222 g/mol. The Morgan fingerprint density at radius 1 is 1.35 bits per heavy atom. The van der Waals surface area contributed by atoms with E-state index in [1.165, 1.54) is 7.11 Å². The summed E-state index contributed by atoms with van der Waals surface area (Å²) in [6, 6.07) is 7.22. The zero-order chi connectivity index (χ0) is 12.7. The first-order valence-electron chi connectivity index (χ1n) is 4.92. The second-order valence-electron chi connectivity index (χ2n) is 3.18. The number of nitrogens with one attached hydrogen (secondary N) is 1. The fourth-order valence-electron chi connectivity index (χ4n) is 1.23. The highest BCUT2D eigenvalue weighted by atomic mass is 16.5. The Morgan fingerprint density at radius 2 is 2.06 bits per heavy atom. The minimum Gasteiger partial charge on any atom is -0.545 e. The Bertz CT molecular complexity index is 440. The van der Waals surface area contributed by atoms with Gasteiger partial charge in [-0.25, -0.2) is 0 Å². The van der Waals surface area contributed by atoms with Gasteiger partial charge in [0, 0.05) is 18.2 Å². The lowest BCUT2D eigenvalue weighted by Crippen LogP contribution is -2.23. The van der Waals surface area contributed by atoms with Crippen LogP contribution in [-0.2, 0) is 16.1 Å². The average molecular weight is 234 g/mol. The van der Waals surface area contributed by atoms with Crippen molar-refractivity contribution in [3.05, 3.63) is 42.0 Å². The number of aliphatic carboxylic acids is 1. The van der Waals surface area contributed by atoms with Crippen molar-refractivity contribution in [2.45, 2.75) is 6.54 Å². The van der Waals surface area contributed by atoms with Crippen molar-refractivity contribution in [2.24, 2.45) is 0 Å². The molecule has 5 heteroatoms. The van der Waals surface area contributed by atoms with Crippen LogP contribution in [0.2, 0.25) is 0 Å². The molecule has 5 nitrogen and oxygen atoms in total. The number of para-hydroxylation sites is 1. The molecule has 0 bridgehead atoms. The Labute approximate surface area is 98.7 Å². The Hall–Kier alpha value is -2.30. The van der Waals surface area contributed by atoms with E-state index in [0.29, 0.717) is 11.8 Å². The van der Waals surface area contributed by atoms with Gasteiger partial charge < -0.3 is 20.0 Å². The number of rotatable bonds is 5. The smallest absolute Gasteiger partial charge is 0.244 e. The third-order valence-electron chi connectivity index (χ3n) is 2.02. The maximum atomic E-state index is 11.2. The quantitative estimate of drug-likeness (QED) is 0.704. The maximum absolute atomic E-state index is 11.2. The highest BCUT2D eigenvalue weighted by Gasteiger charge is 2.02. The van der Waals surface area contributed by atoms with Crippen LogP contribution in [0.4, 0.5) is 0 Å². The van der Waals surface area contributed by atoms with Crippen LogP contribution >= 0.6 is 0 Å². The molecule has 0 heterocycles. The summed E-state index contributed by atoms with van der Waals surface area (Å²) >= 11 is 0. The normalized spacial score (nSPS) is 10.2. The van der Waals surface area contributed by atoms with Crippen LogP contribution in [0.5, 0.6) is 5.75 Å². The minimum absolute atomic E-state index is 0.264. The molecule has 0 aliphatic carbocycles. The van der Waals surface area contributed by atoms with Crippen LogP contribution in [0, 0.1) is 0 Å². The molecule has 0 aliphatic rings. The van der Waals surface area contributed by atoms with Gasteiger partial charge in [-0.2, -0.15) is 0 Å². The van der Waals surface area contributed by atoms with E-state index < -0.39 is 11.9 Å². The minimum atomic E-state index is -1.41. The number of amides is 1. The SMILES string of the molecule is COc1ccccc1CNC(=O)C=CC(=O)[O-]. The summed E-state index contributed by atoms with van der Waals surface area (Å²) in [5, 5.41) is 12.6. The molecule has 0 saturated carbocycles. The number of carbonyl (C=O) groups is 2. The monoisotopic (exact) mass is 234 g/mol. The van der Waals surface area contributed by atoms with E-state index in [4.69, 9.17) is 4.74 Å². The number of carboxylic acid groups (broad SMARTS) is 1. The number of methoxy groups -OCH3 is 1. The second-order valence-corrected chi connectivity index (χ2v) is 3.18. The first-order valence-corrected chi connectivity index (χ1v) is 4.92. The van der Waals surface area contributed by atoms with Gasteiger partial charge in [0.15, 0.2) is 0 Å². The zero-order valence-electron chi connectivity index (χ0n) is 9.30. The molecule has 0 aromatic heterocycles. The Balaban J connectivity index is 2.55. The van der Waals surface area contributed by atoms with E-state index in [1.54, 1.807) is 6.07 Å². The lowest BCUT2D eigenvalue weighted by atomic mass is 10.2. The highest BCUT2D eigenvalue weighted by molar-refractivity contribution is 5.93. The van der Waals surface area contributed by atoms with Gasteiger partial charge in [-0.1, -0.05) is 18.2 Å². The standard InChI is InChI=1S/C12H13NO4/c1-17-10-5-3-2-4-9(10)8-13-11(14)6-7-12(15)16/h2-7H,8H2,1H3,(H,13,14)(H,15,16)/p-1. The first-order chi connectivity index (χ1) is 8.13. The van der Waals surface area contributed by atoms with Crippen molar-refractivity contribution >= 4 is 11.9 Å². The summed E-state index contributed by atoms with van der Waals surface area (Å²) in [5.41, 5.74) is 0.810. The maximum Gasteiger partial charge on any atom is 0.244 e. The molecule has 0 atom stereocenters. The van der Waals surface area contributed by atoms with Crippen LogP contribution in [0.15, 0.2) is 36.4 Å². The molecule has 0 saturated heterocycles. The topological polar surface area (TPSA) is 78.5 Å². The van der Waals surface area contributed by atoms with Crippen LogP contribution in [0.1, 0.15) is 5.56 Å². The predicted octanol–water partition coefficient (Wildman–Crippen LogP) is -0.383. The first kappa shape index (κ1) is 12.8. The fraction of sp³-hybridized carbons (Fsp3) is 0.167. The predicted molar refractivity (Wildman–Crippen MR) is 59.0 cm³/mol. The molecular formula is C12H12NO4-. The van der Waals surface area contributed by atoms with Crippen LogP contribution in [0.25, 0.3) is 0 Å². The molecule has 1 N–H and O–H groups in total. The number of hydrogen-bond donors (Lipinski definition) is 1. The number of carboxylic acids is 1. The lowest BCUT2D eigenvalue weighted by molar-refractivity contribution is -0.297. The van der Waals surface area contributed by atoms with Crippen LogP contribution < -0.4 is 15.2 Å². The second kappa shape index (κ2) is 6.32. The summed E-state index contributed by atoms with van der Waals surface area (Å²) < 4.78 is 5.10. The highest BCUT2D eigenvalue weighted by Crippen LogP contribution is 2.16. The summed E-state index contributed by atoms with van der Waals surface area (Å²) in [6.45, 7) is 0.264. The molecule has 0 fully saturated rings. The molecule has 90 valence electrons. The largest absolute Gasteiger partial charge is 0.545 e. The van der Waals surface area contributed by atoms with E-state index >= 15 is 0 Å². The zero-order valence-corrected chi connectivity index (χ0v) is 9.30. The summed E-state index contributed by atoms with van der Waals surface area (Å²) in [7, 11) is 1.54. The van der Waals surface area contributed by atoms with Crippen molar-refractivity contribution in [1.29, 1.82) is 0 Å². The summed E-state index contributed by atoms with van der Waals surface area (Å²) in [6.07, 6.45) is 1.59. The molecule has 1 rings (SSSR count). The third-order valence-corrected chi connectivity index (χ3v) is 2.02. The van der Waals surface area contributed by atoms with Gasteiger partial charge in [0.2, 0.25) is 5.91 Å². The van der Waals surface area contributed by atoms with E-state index in [9.17, 15) is 14.7 Å². The molecule has 0 spiro atoms. The van der Waals surface area contributed by atoms with Crippen molar-refractivity contribution in [3.63, 3.8) is 0 Å². The van der Waals surface area contributed by atoms with Gasteiger partial charge in [-0.3, -0.25) is 4.79 Å². The van der Waals surface area contributed by atoms with Gasteiger partial charge in [-0.05, 0) is 12.1 Å². The van der Waals surface area contributed by atoms with Crippen LogP contribution in [0.3, 0.4) is 0 Å². The van der Waals surface area contributed by atoms with Crippen molar-refractivity contribution in [2.75, 3.05) is 7.11 Å². The summed E-state index contributed by atoms with van der Waals surface area (Å²) in [5.74, 6) is -1.24. The fourth-order valence-corrected chi connectivity index (χ4v) is 1.23. The van der Waals surface area contributed by atoms with E-state index in [1.807, 2.05) is 18.2 Å². The average Bonchev–Trinajstić information content (AvgIpc) is 2.34. The molecule has 0 aliphatic heterocycles. The molecule has 0 unspecified atom stereocenters. The molecule has 1 amide bonds. The van der Waals surface area contributed by atoms with Gasteiger partial charge in [-0.15, -0.1) is 0 Å². The molecule has 1 aromatic rings. The molecule has 1 aromatic carbocycles. The van der Waals surface area contributed by atoms with Gasteiger partial charge in [0.1, 0.15) is 5.75 Å². The van der Waals surface area contributed by atoms with E-state index in [0.717, 1.165) is 11.6 Å². The van der Waals surface area contributed by atoms with Gasteiger partial charge in [0.25, 0.3) is 0 Å². The third kappa shape index (κ3) is 4.38. The molecule has 0 radical (unpaired) electrons. The van der Waals surface area contributed by atoms with Crippen molar-refractivity contribution in [3.8, 4) is 5.75 Å². The van der Waals surface area contributed by atoms with Crippen molar-refractivity contribution < 1.29 is 19.4 Å². The number of ether oxygens (including phenoxy) is 1. The number of hydrogen-bond acceptors (Lipinski definition) is 4. The molecule has 17 heavy (non-hydrogen) atoms. The van der Waals surface area contributed by atoms with E-state index in [-0.39, 0.29) is 6.54 Å². The Morgan fingerprint density at radius 3 is 2.71 bits per heavy atom. The van der Waals surface area contributed by atoms with Gasteiger partial charge in [0.05, 0.1) is 13.1 Å². The Kier molecular flexibility index (Phi) is 4.75. The number of carbonyl (C=O) groups excluding carboxylic acids is 2. The van der Waals surface area contributed by atoms with Crippen LogP contribution in [-0.4, -0.2) is 19.0 Å². The van der Waals surface area contributed by atoms with Gasteiger partial charge >= 0.3 is 0 Å². The number of benzene rings is 1. The lowest BCUT2D eigenvalue weighted by Gasteiger charge is -2.08. The van der Waals surface area contributed by atoms with E-state index in [2.05, 4.69) is 5.32 Å². The summed E-state index contributed by atoms with van der Waals surface area (Å²) in [4.78, 5) is 21.3.